The van der Waals surface area contributed by atoms with E-state index in [0.717, 1.165) is 11.7 Å². The average Bonchev–Trinajstić information content (AvgIpc) is 3.23. The molecule has 1 aliphatic heterocycles. The van der Waals surface area contributed by atoms with Crippen molar-refractivity contribution in [2.24, 2.45) is 0 Å². The standard InChI is InChI=1S/C19H17N5O3S2/c25-19-14-6-1-2-7-15(14)20-12-24(19)13-5-4-10-23(11-13)29(26,27)17-9-3-8-16-18(17)22-28-21-16/h1-3,6-9,12-13H,4-5,10-11H2. The highest BCUT2D eigenvalue weighted by Gasteiger charge is 2.33. The summed E-state index contributed by atoms with van der Waals surface area (Å²) in [7, 11) is -3.75. The minimum atomic E-state index is -3.75. The van der Waals surface area contributed by atoms with Gasteiger partial charge in [0, 0.05) is 13.1 Å². The van der Waals surface area contributed by atoms with Crippen molar-refractivity contribution in [2.45, 2.75) is 23.8 Å². The molecule has 1 unspecified atom stereocenters. The van der Waals surface area contributed by atoms with Gasteiger partial charge in [0.05, 0.1) is 35.0 Å². The Labute approximate surface area is 170 Å². The predicted molar refractivity (Wildman–Crippen MR) is 110 cm³/mol. The van der Waals surface area contributed by atoms with Gasteiger partial charge in [-0.05, 0) is 37.1 Å². The maximum atomic E-state index is 13.3. The summed E-state index contributed by atoms with van der Waals surface area (Å²) in [6, 6.07) is 11.9. The van der Waals surface area contributed by atoms with Gasteiger partial charge in [-0.3, -0.25) is 9.36 Å². The van der Waals surface area contributed by atoms with E-state index in [1.54, 1.807) is 41.0 Å². The number of aromatic nitrogens is 4. The van der Waals surface area contributed by atoms with Crippen molar-refractivity contribution < 1.29 is 8.42 Å². The molecular formula is C19H17N5O3S2. The van der Waals surface area contributed by atoms with Crippen LogP contribution in [-0.2, 0) is 10.0 Å². The molecule has 5 rings (SSSR count). The molecule has 2 aromatic carbocycles. The van der Waals surface area contributed by atoms with Crippen LogP contribution in [0.15, 0.2) is 58.5 Å². The molecule has 10 heteroatoms. The third-order valence-electron chi connectivity index (χ3n) is 5.31. The minimum Gasteiger partial charge on any atom is -0.294 e. The Bertz CT molecular complexity index is 1380. The van der Waals surface area contributed by atoms with Gasteiger partial charge in [-0.25, -0.2) is 13.4 Å². The van der Waals surface area contributed by atoms with Crippen molar-refractivity contribution in [1.82, 2.24) is 22.6 Å². The summed E-state index contributed by atoms with van der Waals surface area (Å²) in [4.78, 5) is 17.5. The average molecular weight is 428 g/mol. The highest BCUT2D eigenvalue weighted by atomic mass is 32.2. The summed E-state index contributed by atoms with van der Waals surface area (Å²) in [5.41, 5.74) is 1.45. The molecule has 1 atom stereocenters. The molecule has 1 saturated heterocycles. The fourth-order valence-electron chi connectivity index (χ4n) is 3.84. The zero-order valence-electron chi connectivity index (χ0n) is 15.3. The Morgan fingerprint density at radius 2 is 1.86 bits per heavy atom. The first kappa shape index (κ1) is 18.3. The smallest absolute Gasteiger partial charge is 0.261 e. The first-order valence-corrected chi connectivity index (χ1v) is 11.4. The second-order valence-electron chi connectivity index (χ2n) is 7.02. The molecule has 4 aromatic rings. The van der Waals surface area contributed by atoms with Gasteiger partial charge in [0.1, 0.15) is 15.9 Å². The topological polar surface area (TPSA) is 98.1 Å². The summed E-state index contributed by atoms with van der Waals surface area (Å²) in [6.07, 6.45) is 2.90. The van der Waals surface area contributed by atoms with E-state index in [1.165, 1.54) is 10.6 Å². The fraction of sp³-hybridized carbons (Fsp3) is 0.263. The highest BCUT2D eigenvalue weighted by molar-refractivity contribution is 7.89. The number of rotatable bonds is 3. The Morgan fingerprint density at radius 3 is 2.76 bits per heavy atom. The quantitative estimate of drug-likeness (QED) is 0.498. The van der Waals surface area contributed by atoms with Crippen molar-refractivity contribution in [3.05, 3.63) is 59.1 Å². The van der Waals surface area contributed by atoms with Gasteiger partial charge >= 0.3 is 0 Å². The van der Waals surface area contributed by atoms with E-state index in [9.17, 15) is 13.2 Å². The number of para-hydroxylation sites is 1. The normalized spacial score (nSPS) is 18.4. The van der Waals surface area contributed by atoms with Crippen LogP contribution in [0.3, 0.4) is 0 Å². The molecular weight excluding hydrogens is 410 g/mol. The molecule has 3 heterocycles. The summed E-state index contributed by atoms with van der Waals surface area (Å²) >= 11 is 0.994. The Balaban J connectivity index is 1.52. The molecule has 0 spiro atoms. The van der Waals surface area contributed by atoms with E-state index in [4.69, 9.17) is 0 Å². The first-order chi connectivity index (χ1) is 14.1. The molecule has 0 bridgehead atoms. The van der Waals surface area contributed by atoms with Crippen molar-refractivity contribution in [1.29, 1.82) is 0 Å². The largest absolute Gasteiger partial charge is 0.294 e. The minimum absolute atomic E-state index is 0.148. The molecule has 1 fully saturated rings. The Morgan fingerprint density at radius 1 is 1.03 bits per heavy atom. The van der Waals surface area contributed by atoms with E-state index < -0.39 is 10.0 Å². The Kier molecular flexibility index (Phi) is 4.41. The fourth-order valence-corrected chi connectivity index (χ4v) is 6.11. The van der Waals surface area contributed by atoms with Crippen LogP contribution in [0.5, 0.6) is 0 Å². The zero-order valence-corrected chi connectivity index (χ0v) is 16.9. The van der Waals surface area contributed by atoms with Gasteiger partial charge in [-0.2, -0.15) is 13.1 Å². The SMILES string of the molecule is O=c1c2ccccc2ncn1C1CCCN(S(=O)(=O)c2cccc3nsnc23)C1. The number of nitrogens with zero attached hydrogens (tertiary/aromatic N) is 5. The number of piperidine rings is 1. The van der Waals surface area contributed by atoms with Crippen LogP contribution in [0.2, 0.25) is 0 Å². The van der Waals surface area contributed by atoms with Crippen LogP contribution < -0.4 is 5.56 Å². The van der Waals surface area contributed by atoms with E-state index in [0.29, 0.717) is 41.3 Å². The van der Waals surface area contributed by atoms with Gasteiger partial charge < -0.3 is 0 Å². The molecule has 0 N–H and O–H groups in total. The van der Waals surface area contributed by atoms with Crippen molar-refractivity contribution in [3.8, 4) is 0 Å². The summed E-state index contributed by atoms with van der Waals surface area (Å²) in [5, 5.41) is 0.535. The van der Waals surface area contributed by atoms with Crippen LogP contribution in [0.4, 0.5) is 0 Å². The van der Waals surface area contributed by atoms with E-state index >= 15 is 0 Å². The van der Waals surface area contributed by atoms with Gasteiger partial charge in [0.2, 0.25) is 10.0 Å². The number of fused-ring (bicyclic) bond motifs is 2. The molecule has 0 radical (unpaired) electrons. The Hall–Kier alpha value is -2.69. The lowest BCUT2D eigenvalue weighted by atomic mass is 10.1. The van der Waals surface area contributed by atoms with Crippen LogP contribution in [0.25, 0.3) is 21.9 Å². The van der Waals surface area contributed by atoms with Crippen molar-refractivity contribution in [2.75, 3.05) is 13.1 Å². The van der Waals surface area contributed by atoms with Gasteiger partial charge in [-0.15, -0.1) is 0 Å². The third kappa shape index (κ3) is 3.04. The zero-order chi connectivity index (χ0) is 20.0. The number of hydrogen-bond donors (Lipinski definition) is 0. The summed E-state index contributed by atoms with van der Waals surface area (Å²) < 4.78 is 38.0. The molecule has 0 saturated carbocycles. The van der Waals surface area contributed by atoms with Crippen LogP contribution in [-0.4, -0.2) is 44.1 Å². The highest BCUT2D eigenvalue weighted by Crippen LogP contribution is 2.29. The van der Waals surface area contributed by atoms with Gasteiger partial charge in [0.15, 0.2) is 0 Å². The molecule has 29 heavy (non-hydrogen) atoms. The number of benzene rings is 2. The lowest BCUT2D eigenvalue weighted by molar-refractivity contribution is 0.262. The van der Waals surface area contributed by atoms with Crippen LogP contribution in [0.1, 0.15) is 18.9 Å². The first-order valence-electron chi connectivity index (χ1n) is 9.23. The summed E-state index contributed by atoms with van der Waals surface area (Å²) in [5.74, 6) is 0. The lowest BCUT2D eigenvalue weighted by Gasteiger charge is -2.32. The van der Waals surface area contributed by atoms with E-state index in [2.05, 4.69) is 13.7 Å². The molecule has 0 amide bonds. The second-order valence-corrected chi connectivity index (χ2v) is 9.46. The van der Waals surface area contributed by atoms with Gasteiger partial charge in [-0.1, -0.05) is 18.2 Å². The molecule has 1 aliphatic rings. The number of sulfonamides is 1. The van der Waals surface area contributed by atoms with Crippen LogP contribution in [0, 0.1) is 0 Å². The number of hydrogen-bond acceptors (Lipinski definition) is 7. The molecule has 2 aromatic heterocycles. The van der Waals surface area contributed by atoms with E-state index in [-0.39, 0.29) is 23.0 Å². The lowest BCUT2D eigenvalue weighted by Crippen LogP contribution is -2.42. The molecule has 0 aliphatic carbocycles. The summed E-state index contributed by atoms with van der Waals surface area (Å²) in [6.45, 7) is 0.624. The monoisotopic (exact) mass is 427 g/mol. The van der Waals surface area contributed by atoms with Crippen molar-refractivity contribution >= 4 is 43.7 Å². The maximum absolute atomic E-state index is 13.3. The second kappa shape index (κ2) is 6.97. The predicted octanol–water partition coefficient (Wildman–Crippen LogP) is 2.43. The maximum Gasteiger partial charge on any atom is 0.261 e. The molecule has 8 nitrogen and oxygen atoms in total. The molecule has 148 valence electrons. The van der Waals surface area contributed by atoms with E-state index in [1.807, 2.05) is 6.07 Å². The van der Waals surface area contributed by atoms with Gasteiger partial charge in [0.25, 0.3) is 5.56 Å². The third-order valence-corrected chi connectivity index (χ3v) is 7.75. The van der Waals surface area contributed by atoms with Crippen LogP contribution >= 0.6 is 11.7 Å². The van der Waals surface area contributed by atoms with Crippen molar-refractivity contribution in [3.63, 3.8) is 0 Å².